The molecule has 1 aliphatic carbocycles. The van der Waals surface area contributed by atoms with Crippen LogP contribution in [0.25, 0.3) is 0 Å². The summed E-state index contributed by atoms with van der Waals surface area (Å²) in [5.74, 6) is -1.000. The third-order valence-corrected chi connectivity index (χ3v) is 4.04. The summed E-state index contributed by atoms with van der Waals surface area (Å²) in [4.78, 5) is 11.2. The molecule has 1 unspecified atom stereocenters. The average Bonchev–Trinajstić information content (AvgIpc) is 2.49. The van der Waals surface area contributed by atoms with Gasteiger partial charge in [0, 0.05) is 0 Å². The summed E-state index contributed by atoms with van der Waals surface area (Å²) >= 11 is 0. The molecule has 0 spiro atoms. The van der Waals surface area contributed by atoms with Gasteiger partial charge in [0.15, 0.2) is 0 Å². The lowest BCUT2D eigenvalue weighted by molar-refractivity contribution is 0.0698. The number of aromatic carboxylic acids is 1. The van der Waals surface area contributed by atoms with E-state index in [4.69, 9.17) is 10.8 Å². The van der Waals surface area contributed by atoms with Gasteiger partial charge in [-0.25, -0.2) is 4.79 Å². The fourth-order valence-electron chi connectivity index (χ4n) is 2.97. The van der Waals surface area contributed by atoms with Gasteiger partial charge in [0.25, 0.3) is 0 Å². The summed E-state index contributed by atoms with van der Waals surface area (Å²) < 4.78 is 0. The molecule has 21 heavy (non-hydrogen) atoms. The van der Waals surface area contributed by atoms with Crippen LogP contribution in [0.15, 0.2) is 42.5 Å². The first-order chi connectivity index (χ1) is 10.2. The van der Waals surface area contributed by atoms with Crippen LogP contribution in [0, 0.1) is 0 Å². The number of rotatable bonds is 3. The SMILES string of the molecule is Nc1c(NC2CCCc3ccccc32)cccc1C(=O)O. The molecule has 1 atom stereocenters. The molecule has 1 aliphatic rings. The summed E-state index contributed by atoms with van der Waals surface area (Å²) in [6, 6.07) is 13.6. The topological polar surface area (TPSA) is 75.3 Å². The molecule has 108 valence electrons. The number of nitrogens with two attached hydrogens (primary N) is 1. The molecule has 0 aliphatic heterocycles. The zero-order chi connectivity index (χ0) is 14.8. The molecule has 4 nitrogen and oxygen atoms in total. The van der Waals surface area contributed by atoms with E-state index in [2.05, 4.69) is 23.5 Å². The third-order valence-electron chi connectivity index (χ3n) is 4.04. The van der Waals surface area contributed by atoms with Gasteiger partial charge >= 0.3 is 5.97 Å². The fraction of sp³-hybridized carbons (Fsp3) is 0.235. The molecule has 0 aromatic heterocycles. The highest BCUT2D eigenvalue weighted by Gasteiger charge is 2.21. The fourth-order valence-corrected chi connectivity index (χ4v) is 2.97. The van der Waals surface area contributed by atoms with E-state index in [1.165, 1.54) is 17.2 Å². The van der Waals surface area contributed by atoms with Crippen molar-refractivity contribution < 1.29 is 9.90 Å². The highest BCUT2D eigenvalue weighted by molar-refractivity contribution is 5.97. The standard InChI is InChI=1S/C17H18N2O2/c18-16-13(17(20)21)8-4-10-15(16)19-14-9-3-6-11-5-1-2-7-12(11)14/h1-2,4-5,7-8,10,14,19H,3,6,9,18H2,(H,20,21). The molecule has 3 rings (SSSR count). The van der Waals surface area contributed by atoms with E-state index < -0.39 is 5.97 Å². The van der Waals surface area contributed by atoms with E-state index in [-0.39, 0.29) is 11.6 Å². The Labute approximate surface area is 123 Å². The van der Waals surface area contributed by atoms with E-state index >= 15 is 0 Å². The van der Waals surface area contributed by atoms with E-state index in [9.17, 15) is 4.79 Å². The lowest BCUT2D eigenvalue weighted by Gasteiger charge is -2.28. The molecule has 0 fully saturated rings. The maximum absolute atomic E-state index is 11.2. The van der Waals surface area contributed by atoms with Gasteiger partial charge in [-0.1, -0.05) is 30.3 Å². The molecule has 0 bridgehead atoms. The minimum absolute atomic E-state index is 0.143. The summed E-state index contributed by atoms with van der Waals surface area (Å²) in [6.07, 6.45) is 3.24. The normalized spacial score (nSPS) is 17.0. The number of para-hydroxylation sites is 1. The average molecular weight is 282 g/mol. The first-order valence-electron chi connectivity index (χ1n) is 7.13. The second-order valence-electron chi connectivity index (χ2n) is 5.36. The number of hydrogen-bond acceptors (Lipinski definition) is 3. The summed E-state index contributed by atoms with van der Waals surface area (Å²) in [7, 11) is 0. The lowest BCUT2D eigenvalue weighted by Crippen LogP contribution is -2.18. The van der Waals surface area contributed by atoms with Crippen LogP contribution in [0.4, 0.5) is 11.4 Å². The van der Waals surface area contributed by atoms with Gasteiger partial charge in [0.2, 0.25) is 0 Å². The Bertz CT molecular complexity index is 682. The molecule has 0 radical (unpaired) electrons. The maximum atomic E-state index is 11.2. The van der Waals surface area contributed by atoms with Crippen LogP contribution in [-0.4, -0.2) is 11.1 Å². The highest BCUT2D eigenvalue weighted by Crippen LogP contribution is 2.34. The van der Waals surface area contributed by atoms with Crippen molar-refractivity contribution in [3.8, 4) is 0 Å². The number of anilines is 2. The zero-order valence-electron chi connectivity index (χ0n) is 11.7. The minimum Gasteiger partial charge on any atom is -0.478 e. The lowest BCUT2D eigenvalue weighted by atomic mass is 9.87. The second kappa shape index (κ2) is 5.48. The minimum atomic E-state index is -1.000. The van der Waals surface area contributed by atoms with Crippen LogP contribution in [-0.2, 0) is 6.42 Å². The van der Waals surface area contributed by atoms with Crippen LogP contribution < -0.4 is 11.1 Å². The van der Waals surface area contributed by atoms with Crippen molar-refractivity contribution in [3.63, 3.8) is 0 Å². The number of nitrogens with one attached hydrogen (secondary N) is 1. The second-order valence-corrected chi connectivity index (χ2v) is 5.36. The van der Waals surface area contributed by atoms with Crippen molar-refractivity contribution in [2.75, 3.05) is 11.1 Å². The zero-order valence-corrected chi connectivity index (χ0v) is 11.7. The summed E-state index contributed by atoms with van der Waals surface area (Å²) in [5, 5.41) is 12.6. The van der Waals surface area contributed by atoms with Crippen LogP contribution in [0.2, 0.25) is 0 Å². The summed E-state index contributed by atoms with van der Waals surface area (Å²) in [6.45, 7) is 0. The Morgan fingerprint density at radius 3 is 2.81 bits per heavy atom. The molecule has 0 saturated heterocycles. The Morgan fingerprint density at radius 1 is 1.19 bits per heavy atom. The molecular weight excluding hydrogens is 264 g/mol. The number of aryl methyl sites for hydroxylation is 1. The van der Waals surface area contributed by atoms with E-state index in [1.807, 2.05) is 12.1 Å². The van der Waals surface area contributed by atoms with Gasteiger partial charge in [0.1, 0.15) is 0 Å². The molecule has 4 N–H and O–H groups in total. The van der Waals surface area contributed by atoms with Crippen molar-refractivity contribution in [1.29, 1.82) is 0 Å². The molecule has 4 heteroatoms. The molecule has 0 amide bonds. The smallest absolute Gasteiger partial charge is 0.337 e. The van der Waals surface area contributed by atoms with E-state index in [0.29, 0.717) is 11.4 Å². The number of carboxylic acids is 1. The van der Waals surface area contributed by atoms with Gasteiger partial charge in [0.05, 0.1) is 23.0 Å². The number of fused-ring (bicyclic) bond motifs is 1. The van der Waals surface area contributed by atoms with Gasteiger partial charge < -0.3 is 16.2 Å². The van der Waals surface area contributed by atoms with Crippen molar-refractivity contribution in [1.82, 2.24) is 0 Å². The quantitative estimate of drug-likeness (QED) is 0.754. The molecule has 0 saturated carbocycles. The van der Waals surface area contributed by atoms with Gasteiger partial charge in [-0.3, -0.25) is 0 Å². The first-order valence-corrected chi connectivity index (χ1v) is 7.13. The molecule has 2 aromatic carbocycles. The first kappa shape index (κ1) is 13.5. The number of hydrogen-bond donors (Lipinski definition) is 3. The van der Waals surface area contributed by atoms with Gasteiger partial charge in [-0.05, 0) is 42.5 Å². The van der Waals surface area contributed by atoms with Crippen LogP contribution in [0.3, 0.4) is 0 Å². The Morgan fingerprint density at radius 2 is 2.00 bits per heavy atom. The molecule has 0 heterocycles. The third kappa shape index (κ3) is 2.57. The Kier molecular flexibility index (Phi) is 3.52. The number of nitrogen functional groups attached to an aromatic ring is 1. The van der Waals surface area contributed by atoms with E-state index in [0.717, 1.165) is 19.3 Å². The largest absolute Gasteiger partial charge is 0.478 e. The van der Waals surface area contributed by atoms with Crippen LogP contribution in [0.5, 0.6) is 0 Å². The molecule has 2 aromatic rings. The van der Waals surface area contributed by atoms with Crippen molar-refractivity contribution >= 4 is 17.3 Å². The monoisotopic (exact) mass is 282 g/mol. The van der Waals surface area contributed by atoms with E-state index in [1.54, 1.807) is 6.07 Å². The Hall–Kier alpha value is -2.49. The van der Waals surface area contributed by atoms with Gasteiger partial charge in [-0.2, -0.15) is 0 Å². The predicted octanol–water partition coefficient (Wildman–Crippen LogP) is 3.46. The van der Waals surface area contributed by atoms with Crippen molar-refractivity contribution in [3.05, 3.63) is 59.2 Å². The number of carbonyl (C=O) groups is 1. The Balaban J connectivity index is 1.92. The highest BCUT2D eigenvalue weighted by atomic mass is 16.4. The van der Waals surface area contributed by atoms with Crippen molar-refractivity contribution in [2.45, 2.75) is 25.3 Å². The van der Waals surface area contributed by atoms with Gasteiger partial charge in [-0.15, -0.1) is 0 Å². The van der Waals surface area contributed by atoms with Crippen LogP contribution in [0.1, 0.15) is 40.4 Å². The predicted molar refractivity (Wildman–Crippen MR) is 83.6 cm³/mol. The van der Waals surface area contributed by atoms with Crippen LogP contribution >= 0.6 is 0 Å². The maximum Gasteiger partial charge on any atom is 0.337 e. The van der Waals surface area contributed by atoms with Crippen molar-refractivity contribution in [2.24, 2.45) is 0 Å². The number of benzene rings is 2. The summed E-state index contributed by atoms with van der Waals surface area (Å²) in [5.41, 5.74) is 9.75. The molecular formula is C17H18N2O2. The number of carboxylic acid groups (broad SMARTS) is 1.